The van der Waals surface area contributed by atoms with E-state index in [0.717, 1.165) is 96.3 Å². The Kier molecular flexibility index (Phi) is 48.8. The quantitative estimate of drug-likeness (QED) is 0.0262. The number of rotatable bonds is 48. The molecular weight excluding hydrogens is 769 g/mol. The molecule has 0 saturated carbocycles. The molecule has 0 amide bonds. The third-order valence-corrected chi connectivity index (χ3v) is 11.6. The minimum atomic E-state index is -0.780. The molecule has 0 heterocycles. The maximum Gasteiger partial charge on any atom is 0.306 e. The van der Waals surface area contributed by atoms with Gasteiger partial charge in [0.1, 0.15) is 13.2 Å². The lowest BCUT2D eigenvalue weighted by atomic mass is 10.1. The summed E-state index contributed by atoms with van der Waals surface area (Å²) in [6.45, 7) is 6.59. The monoisotopic (exact) mass is 869 g/mol. The Bertz CT molecular complexity index is 1090. The summed E-state index contributed by atoms with van der Waals surface area (Å²) in [5.41, 5.74) is 0. The predicted octanol–water partition coefficient (Wildman–Crippen LogP) is 17.5. The van der Waals surface area contributed by atoms with Crippen molar-refractivity contribution >= 4 is 17.9 Å². The van der Waals surface area contributed by atoms with Gasteiger partial charge in [0.2, 0.25) is 0 Å². The van der Waals surface area contributed by atoms with Crippen LogP contribution in [0.4, 0.5) is 0 Å². The van der Waals surface area contributed by atoms with E-state index in [1.807, 2.05) is 0 Å². The van der Waals surface area contributed by atoms with Crippen molar-refractivity contribution in [2.75, 3.05) is 13.2 Å². The van der Waals surface area contributed by atoms with Crippen molar-refractivity contribution in [1.29, 1.82) is 0 Å². The second-order valence-electron chi connectivity index (χ2n) is 17.8. The molecule has 0 aromatic heterocycles. The van der Waals surface area contributed by atoms with Crippen LogP contribution in [0.3, 0.4) is 0 Å². The molecule has 0 aliphatic heterocycles. The molecule has 0 aliphatic rings. The summed E-state index contributed by atoms with van der Waals surface area (Å²) in [5, 5.41) is 0. The molecule has 1 atom stereocenters. The fourth-order valence-corrected chi connectivity index (χ4v) is 7.50. The molecule has 0 N–H and O–H groups in total. The molecule has 6 heteroatoms. The van der Waals surface area contributed by atoms with Crippen LogP contribution in [0.25, 0.3) is 0 Å². The van der Waals surface area contributed by atoms with Crippen LogP contribution in [0.2, 0.25) is 0 Å². The van der Waals surface area contributed by atoms with E-state index in [2.05, 4.69) is 69.4 Å². The third kappa shape index (κ3) is 48.4. The maximum absolute atomic E-state index is 12.8. The van der Waals surface area contributed by atoms with Crippen LogP contribution in [0.15, 0.2) is 48.6 Å². The van der Waals surface area contributed by atoms with E-state index in [-0.39, 0.29) is 31.1 Å². The van der Waals surface area contributed by atoms with Gasteiger partial charge in [-0.25, -0.2) is 0 Å². The highest BCUT2D eigenvalue weighted by atomic mass is 16.6. The van der Waals surface area contributed by atoms with Gasteiger partial charge in [0.05, 0.1) is 0 Å². The van der Waals surface area contributed by atoms with Crippen molar-refractivity contribution in [2.24, 2.45) is 0 Å². The molecule has 0 fully saturated rings. The number of hydrogen-bond acceptors (Lipinski definition) is 6. The molecule has 0 bridgehead atoms. The average molecular weight is 869 g/mol. The fourth-order valence-electron chi connectivity index (χ4n) is 7.50. The number of carbonyl (C=O) groups excluding carboxylic acids is 3. The van der Waals surface area contributed by atoms with Crippen molar-refractivity contribution in [1.82, 2.24) is 0 Å². The summed E-state index contributed by atoms with van der Waals surface area (Å²) in [6.07, 6.45) is 60.9. The van der Waals surface area contributed by atoms with Crippen LogP contribution in [0.5, 0.6) is 0 Å². The number of esters is 3. The van der Waals surface area contributed by atoms with Crippen LogP contribution in [0.1, 0.15) is 271 Å². The Labute approximate surface area is 384 Å². The van der Waals surface area contributed by atoms with Gasteiger partial charge in [-0.2, -0.15) is 0 Å². The Morgan fingerprint density at radius 3 is 0.935 bits per heavy atom. The van der Waals surface area contributed by atoms with Gasteiger partial charge in [-0.3, -0.25) is 14.4 Å². The first-order valence-electron chi connectivity index (χ1n) is 26.6. The van der Waals surface area contributed by atoms with Crippen molar-refractivity contribution in [3.63, 3.8) is 0 Å². The average Bonchev–Trinajstić information content (AvgIpc) is 3.27. The highest BCUT2D eigenvalue weighted by molar-refractivity contribution is 5.71. The smallest absolute Gasteiger partial charge is 0.306 e. The zero-order chi connectivity index (χ0) is 45.1. The summed E-state index contributed by atoms with van der Waals surface area (Å²) >= 11 is 0. The first kappa shape index (κ1) is 59.4. The number of ether oxygens (including phenoxy) is 3. The van der Waals surface area contributed by atoms with Gasteiger partial charge in [0.15, 0.2) is 6.10 Å². The standard InChI is InChI=1S/C56H100O6/c1-4-7-10-13-16-19-22-24-26-27-28-30-31-34-37-40-43-46-49-55(58)61-52-53(51-60-54(57)48-45-42-39-36-33-21-18-15-12-9-6-3)62-56(59)50-47-44-41-38-35-32-29-25-23-20-17-14-11-8-5-2/h17,19-20,22,25-27,29,53H,4-16,18,21,23-24,28,30-52H2,1-3H3/b20-17-,22-19-,27-26-,29-25-. The van der Waals surface area contributed by atoms with Gasteiger partial charge >= 0.3 is 17.9 Å². The number of carbonyl (C=O) groups is 3. The topological polar surface area (TPSA) is 78.9 Å². The van der Waals surface area contributed by atoms with Crippen LogP contribution < -0.4 is 0 Å². The molecule has 0 saturated heterocycles. The molecule has 360 valence electrons. The second kappa shape index (κ2) is 51.0. The van der Waals surface area contributed by atoms with Crippen molar-refractivity contribution < 1.29 is 28.6 Å². The summed E-state index contributed by atoms with van der Waals surface area (Å²) in [4.78, 5) is 38.0. The molecule has 0 spiro atoms. The summed E-state index contributed by atoms with van der Waals surface area (Å²) in [7, 11) is 0. The zero-order valence-corrected chi connectivity index (χ0v) is 41.1. The van der Waals surface area contributed by atoms with Gasteiger partial charge in [-0.1, -0.05) is 217 Å². The van der Waals surface area contributed by atoms with Gasteiger partial charge in [-0.05, 0) is 83.5 Å². The second-order valence-corrected chi connectivity index (χ2v) is 17.8. The van der Waals surface area contributed by atoms with Crippen molar-refractivity contribution in [3.8, 4) is 0 Å². The lowest BCUT2D eigenvalue weighted by molar-refractivity contribution is -0.167. The van der Waals surface area contributed by atoms with Crippen LogP contribution >= 0.6 is 0 Å². The fraction of sp³-hybridized carbons (Fsp3) is 0.804. The molecule has 0 aromatic rings. The number of allylic oxidation sites excluding steroid dienone is 8. The minimum absolute atomic E-state index is 0.0793. The molecular formula is C56H100O6. The van der Waals surface area contributed by atoms with E-state index in [1.54, 1.807) is 0 Å². The first-order valence-corrected chi connectivity index (χ1v) is 26.6. The van der Waals surface area contributed by atoms with Crippen LogP contribution in [-0.4, -0.2) is 37.2 Å². The Morgan fingerprint density at radius 1 is 0.323 bits per heavy atom. The lowest BCUT2D eigenvalue weighted by Crippen LogP contribution is -2.30. The molecule has 1 unspecified atom stereocenters. The molecule has 0 radical (unpaired) electrons. The highest BCUT2D eigenvalue weighted by Crippen LogP contribution is 2.15. The van der Waals surface area contributed by atoms with Crippen LogP contribution in [0, 0.1) is 0 Å². The summed E-state index contributed by atoms with van der Waals surface area (Å²) in [6, 6.07) is 0. The number of unbranched alkanes of at least 4 members (excludes halogenated alkanes) is 29. The maximum atomic E-state index is 12.8. The van der Waals surface area contributed by atoms with Crippen molar-refractivity contribution in [2.45, 2.75) is 277 Å². The van der Waals surface area contributed by atoms with Gasteiger partial charge in [0.25, 0.3) is 0 Å². The van der Waals surface area contributed by atoms with Crippen molar-refractivity contribution in [3.05, 3.63) is 48.6 Å². The molecule has 0 rings (SSSR count). The lowest BCUT2D eigenvalue weighted by Gasteiger charge is -2.18. The molecule has 0 aromatic carbocycles. The van der Waals surface area contributed by atoms with E-state index in [9.17, 15) is 14.4 Å². The van der Waals surface area contributed by atoms with Gasteiger partial charge in [0, 0.05) is 19.3 Å². The summed E-state index contributed by atoms with van der Waals surface area (Å²) < 4.78 is 16.8. The minimum Gasteiger partial charge on any atom is -0.462 e. The van der Waals surface area contributed by atoms with Gasteiger partial charge < -0.3 is 14.2 Å². The van der Waals surface area contributed by atoms with E-state index < -0.39 is 6.10 Å². The Hall–Kier alpha value is -2.63. The highest BCUT2D eigenvalue weighted by Gasteiger charge is 2.19. The third-order valence-electron chi connectivity index (χ3n) is 11.6. The zero-order valence-electron chi connectivity index (χ0n) is 41.1. The Balaban J connectivity index is 4.37. The summed E-state index contributed by atoms with van der Waals surface area (Å²) in [5.74, 6) is -0.894. The normalized spacial score (nSPS) is 12.4. The first-order chi connectivity index (χ1) is 30.5. The van der Waals surface area contributed by atoms with Crippen LogP contribution in [-0.2, 0) is 28.6 Å². The van der Waals surface area contributed by atoms with E-state index in [0.29, 0.717) is 19.3 Å². The largest absolute Gasteiger partial charge is 0.462 e. The van der Waals surface area contributed by atoms with E-state index in [4.69, 9.17) is 14.2 Å². The van der Waals surface area contributed by atoms with Gasteiger partial charge in [-0.15, -0.1) is 0 Å². The molecule has 62 heavy (non-hydrogen) atoms. The molecule has 0 aliphatic carbocycles. The Morgan fingerprint density at radius 2 is 0.581 bits per heavy atom. The van der Waals surface area contributed by atoms with E-state index in [1.165, 1.54) is 135 Å². The predicted molar refractivity (Wildman–Crippen MR) is 265 cm³/mol. The SMILES string of the molecule is CCCCC/C=C\C/C=C\CCCCCCCC(=O)OC(COC(=O)CCCCCCCCC/C=C\C/C=C\CCCCCC)COC(=O)CCCCCCCCCCCCC. The van der Waals surface area contributed by atoms with E-state index >= 15 is 0 Å². The number of hydrogen-bond donors (Lipinski definition) is 0. The molecule has 6 nitrogen and oxygen atoms in total.